The first kappa shape index (κ1) is 18.1. The number of alkyl halides is 3. The highest BCUT2D eigenvalue weighted by Crippen LogP contribution is 2.28. The molecule has 1 unspecified atom stereocenters. The molecule has 1 aromatic rings. The molecule has 1 rings (SSSR count). The van der Waals surface area contributed by atoms with Gasteiger partial charge in [-0.1, -0.05) is 6.07 Å². The van der Waals surface area contributed by atoms with E-state index in [0.29, 0.717) is 5.56 Å². The van der Waals surface area contributed by atoms with E-state index in [-0.39, 0.29) is 18.0 Å². The van der Waals surface area contributed by atoms with Crippen molar-refractivity contribution in [1.29, 1.82) is 0 Å². The normalized spacial score (nSPS) is 12.7. The molecule has 1 atom stereocenters. The van der Waals surface area contributed by atoms with E-state index in [0.717, 1.165) is 0 Å². The van der Waals surface area contributed by atoms with Crippen molar-refractivity contribution < 1.29 is 27.8 Å². The van der Waals surface area contributed by atoms with Gasteiger partial charge in [-0.05, 0) is 31.5 Å². The Balaban J connectivity index is 2.88. The number of benzene rings is 1. The molecule has 0 spiro atoms. The van der Waals surface area contributed by atoms with Gasteiger partial charge in [-0.25, -0.2) is 4.79 Å². The number of aryl methyl sites for hydroxylation is 1. The lowest BCUT2D eigenvalue weighted by molar-refractivity contribution is -0.153. The molecule has 0 heterocycles. The van der Waals surface area contributed by atoms with Gasteiger partial charge in [-0.2, -0.15) is 13.2 Å². The quantitative estimate of drug-likeness (QED) is 0.877. The standard InChI is InChI=1S/C14H19F3N2O3/c1-9-4-5-11(12(6-9)22-8-14(15,16)17)18-13(21)19(3)10(2)7-20/h4-6,10,20H,7-8H2,1-3H3,(H,18,21). The molecular weight excluding hydrogens is 301 g/mol. The number of likely N-dealkylation sites (N-methyl/N-ethyl adjacent to an activating group) is 1. The van der Waals surface area contributed by atoms with E-state index in [4.69, 9.17) is 9.84 Å². The number of hydrogen-bond acceptors (Lipinski definition) is 3. The van der Waals surface area contributed by atoms with E-state index in [2.05, 4.69) is 5.32 Å². The van der Waals surface area contributed by atoms with Crippen molar-refractivity contribution >= 4 is 11.7 Å². The number of carbonyl (C=O) groups excluding carboxylic acids is 1. The summed E-state index contributed by atoms with van der Waals surface area (Å²) >= 11 is 0. The predicted molar refractivity (Wildman–Crippen MR) is 76.1 cm³/mol. The lowest BCUT2D eigenvalue weighted by Gasteiger charge is -2.24. The average molecular weight is 320 g/mol. The topological polar surface area (TPSA) is 61.8 Å². The number of carbonyl (C=O) groups is 1. The van der Waals surface area contributed by atoms with Gasteiger partial charge >= 0.3 is 12.2 Å². The van der Waals surface area contributed by atoms with E-state index in [1.807, 2.05) is 0 Å². The third-order valence-electron chi connectivity index (χ3n) is 3.02. The molecule has 2 amide bonds. The SMILES string of the molecule is Cc1ccc(NC(=O)N(C)C(C)CO)c(OCC(F)(F)F)c1. The Morgan fingerprint density at radius 3 is 2.64 bits per heavy atom. The molecular formula is C14H19F3N2O3. The van der Waals surface area contributed by atoms with Crippen molar-refractivity contribution in [3.8, 4) is 5.75 Å². The first-order valence-electron chi connectivity index (χ1n) is 6.59. The van der Waals surface area contributed by atoms with Crippen LogP contribution in [0.1, 0.15) is 12.5 Å². The Morgan fingerprint density at radius 2 is 2.09 bits per heavy atom. The third-order valence-corrected chi connectivity index (χ3v) is 3.02. The van der Waals surface area contributed by atoms with Crippen LogP contribution in [0.5, 0.6) is 5.75 Å². The van der Waals surface area contributed by atoms with Crippen LogP contribution >= 0.6 is 0 Å². The zero-order valence-electron chi connectivity index (χ0n) is 12.6. The Kier molecular flexibility index (Phi) is 6.04. The zero-order valence-corrected chi connectivity index (χ0v) is 12.6. The Morgan fingerprint density at radius 1 is 1.45 bits per heavy atom. The maximum absolute atomic E-state index is 12.3. The number of nitrogens with one attached hydrogen (secondary N) is 1. The fourth-order valence-corrected chi connectivity index (χ4v) is 1.54. The second-order valence-electron chi connectivity index (χ2n) is 4.98. The number of urea groups is 1. The van der Waals surface area contributed by atoms with Gasteiger partial charge in [0.2, 0.25) is 0 Å². The van der Waals surface area contributed by atoms with Crippen LogP contribution in [-0.2, 0) is 0 Å². The summed E-state index contributed by atoms with van der Waals surface area (Å²) in [5.41, 5.74) is 0.837. The minimum atomic E-state index is -4.47. The van der Waals surface area contributed by atoms with Crippen molar-refractivity contribution in [3.05, 3.63) is 23.8 Å². The van der Waals surface area contributed by atoms with Crippen LogP contribution in [0.3, 0.4) is 0 Å². The molecule has 0 radical (unpaired) electrons. The summed E-state index contributed by atoms with van der Waals surface area (Å²) in [7, 11) is 1.47. The molecule has 0 saturated carbocycles. The fourth-order valence-electron chi connectivity index (χ4n) is 1.54. The van der Waals surface area contributed by atoms with Gasteiger partial charge in [0.1, 0.15) is 5.75 Å². The molecule has 124 valence electrons. The van der Waals surface area contributed by atoms with E-state index >= 15 is 0 Å². The predicted octanol–water partition coefficient (Wildman–Crippen LogP) is 2.78. The number of nitrogens with zero attached hydrogens (tertiary/aromatic N) is 1. The van der Waals surface area contributed by atoms with Crippen LogP contribution in [0, 0.1) is 6.92 Å². The number of ether oxygens (including phenoxy) is 1. The number of hydrogen-bond donors (Lipinski definition) is 2. The molecule has 5 nitrogen and oxygen atoms in total. The van der Waals surface area contributed by atoms with Gasteiger partial charge in [0.05, 0.1) is 18.3 Å². The second kappa shape index (κ2) is 7.35. The number of rotatable bonds is 5. The van der Waals surface area contributed by atoms with Gasteiger partial charge in [-0.15, -0.1) is 0 Å². The fraction of sp³-hybridized carbons (Fsp3) is 0.500. The molecule has 0 aliphatic rings. The van der Waals surface area contributed by atoms with Gasteiger partial charge in [0.15, 0.2) is 6.61 Å². The van der Waals surface area contributed by atoms with Crippen LogP contribution in [-0.4, -0.2) is 48.5 Å². The van der Waals surface area contributed by atoms with Crippen LogP contribution in [0.4, 0.5) is 23.7 Å². The van der Waals surface area contributed by atoms with E-state index in [1.54, 1.807) is 19.9 Å². The highest BCUT2D eigenvalue weighted by Gasteiger charge is 2.29. The molecule has 1 aromatic carbocycles. The van der Waals surface area contributed by atoms with Crippen LogP contribution in [0.15, 0.2) is 18.2 Å². The molecule has 0 fully saturated rings. The number of anilines is 1. The maximum atomic E-state index is 12.3. The Labute approximate surface area is 126 Å². The van der Waals surface area contributed by atoms with Crippen LogP contribution < -0.4 is 10.1 Å². The summed E-state index contributed by atoms with van der Waals surface area (Å²) < 4.78 is 41.5. The highest BCUT2D eigenvalue weighted by atomic mass is 19.4. The van der Waals surface area contributed by atoms with Crippen LogP contribution in [0.25, 0.3) is 0 Å². The molecule has 0 aliphatic heterocycles. The molecule has 0 saturated heterocycles. The summed E-state index contributed by atoms with van der Waals surface area (Å²) in [6.07, 6.45) is -4.47. The summed E-state index contributed by atoms with van der Waals surface area (Å²) in [5.74, 6) is -0.0595. The van der Waals surface area contributed by atoms with Crippen molar-refractivity contribution in [1.82, 2.24) is 4.90 Å². The van der Waals surface area contributed by atoms with Gasteiger partial charge in [0, 0.05) is 7.05 Å². The van der Waals surface area contributed by atoms with Gasteiger partial charge in [-0.3, -0.25) is 0 Å². The van der Waals surface area contributed by atoms with Gasteiger partial charge in [0.25, 0.3) is 0 Å². The van der Waals surface area contributed by atoms with Crippen molar-refractivity contribution in [2.75, 3.05) is 25.6 Å². The molecule has 0 aliphatic carbocycles. The number of amides is 2. The average Bonchev–Trinajstić information content (AvgIpc) is 2.44. The Hall–Kier alpha value is -1.96. The van der Waals surface area contributed by atoms with E-state index < -0.39 is 24.9 Å². The summed E-state index contributed by atoms with van der Waals surface area (Å²) in [5, 5.41) is 11.5. The monoisotopic (exact) mass is 320 g/mol. The number of aliphatic hydroxyl groups excluding tert-OH is 1. The minimum absolute atomic E-state index is 0.0595. The largest absolute Gasteiger partial charge is 0.482 e. The van der Waals surface area contributed by atoms with Crippen LogP contribution in [0.2, 0.25) is 0 Å². The van der Waals surface area contributed by atoms with Crippen molar-refractivity contribution in [2.24, 2.45) is 0 Å². The first-order valence-corrected chi connectivity index (χ1v) is 6.59. The molecule has 0 bridgehead atoms. The summed E-state index contributed by atoms with van der Waals surface area (Å²) in [6, 6.07) is 3.55. The van der Waals surface area contributed by atoms with Crippen molar-refractivity contribution in [3.63, 3.8) is 0 Å². The van der Waals surface area contributed by atoms with E-state index in [9.17, 15) is 18.0 Å². The van der Waals surface area contributed by atoms with E-state index in [1.165, 1.54) is 24.1 Å². The minimum Gasteiger partial charge on any atom is -0.482 e. The van der Waals surface area contributed by atoms with Crippen molar-refractivity contribution in [2.45, 2.75) is 26.1 Å². The lowest BCUT2D eigenvalue weighted by Crippen LogP contribution is -2.40. The zero-order chi connectivity index (χ0) is 16.9. The third kappa shape index (κ3) is 5.44. The second-order valence-corrected chi connectivity index (χ2v) is 4.98. The molecule has 2 N–H and O–H groups in total. The lowest BCUT2D eigenvalue weighted by atomic mass is 10.2. The highest BCUT2D eigenvalue weighted by molar-refractivity contribution is 5.91. The number of halogens is 3. The van der Waals surface area contributed by atoms with Gasteiger partial charge < -0.3 is 20.1 Å². The molecule has 0 aromatic heterocycles. The first-order chi connectivity index (χ1) is 10.1. The molecule has 8 heteroatoms. The molecule has 22 heavy (non-hydrogen) atoms. The Bertz CT molecular complexity index is 521. The number of aliphatic hydroxyl groups is 1. The smallest absolute Gasteiger partial charge is 0.422 e. The summed E-state index contributed by atoms with van der Waals surface area (Å²) in [4.78, 5) is 13.2. The summed E-state index contributed by atoms with van der Waals surface area (Å²) in [6.45, 7) is 1.67. The maximum Gasteiger partial charge on any atom is 0.422 e.